The third-order valence-electron chi connectivity index (χ3n) is 4.80. The standard InChI is InChI=1S/C18H28N2O2/c1-6-10(2)18(21)20-16-7-8-22-17-12(4)11(3)14(13(5)19)9-15(16)17/h9-10,13,16H,6-8,19H2,1-5H3,(H,20,21). The molecule has 1 heterocycles. The second-order valence-electron chi connectivity index (χ2n) is 6.43. The van der Waals surface area contributed by atoms with Crippen LogP contribution in [0.5, 0.6) is 5.75 Å². The Hall–Kier alpha value is -1.55. The van der Waals surface area contributed by atoms with E-state index in [1.165, 1.54) is 5.56 Å². The third-order valence-corrected chi connectivity index (χ3v) is 4.80. The summed E-state index contributed by atoms with van der Waals surface area (Å²) >= 11 is 0. The Morgan fingerprint density at radius 3 is 2.68 bits per heavy atom. The lowest BCUT2D eigenvalue weighted by atomic mass is 9.89. The quantitative estimate of drug-likeness (QED) is 0.897. The molecule has 1 aromatic rings. The zero-order chi connectivity index (χ0) is 16.4. The van der Waals surface area contributed by atoms with Gasteiger partial charge < -0.3 is 15.8 Å². The van der Waals surface area contributed by atoms with Crippen LogP contribution in [-0.4, -0.2) is 12.5 Å². The van der Waals surface area contributed by atoms with Gasteiger partial charge in [0.25, 0.3) is 0 Å². The van der Waals surface area contributed by atoms with Crippen molar-refractivity contribution in [2.24, 2.45) is 11.7 Å². The molecule has 0 aromatic heterocycles. The van der Waals surface area contributed by atoms with Gasteiger partial charge in [-0.05, 0) is 49.9 Å². The van der Waals surface area contributed by atoms with Crippen molar-refractivity contribution in [1.29, 1.82) is 0 Å². The Kier molecular flexibility index (Phi) is 5.12. The number of benzene rings is 1. The molecule has 4 heteroatoms. The van der Waals surface area contributed by atoms with Crippen LogP contribution in [0.1, 0.15) is 68.0 Å². The highest BCUT2D eigenvalue weighted by molar-refractivity contribution is 5.79. The molecule has 0 aliphatic carbocycles. The largest absolute Gasteiger partial charge is 0.493 e. The summed E-state index contributed by atoms with van der Waals surface area (Å²) in [5.74, 6) is 1.06. The van der Waals surface area contributed by atoms with E-state index in [-0.39, 0.29) is 23.9 Å². The number of rotatable bonds is 4. The van der Waals surface area contributed by atoms with Crippen molar-refractivity contribution in [2.75, 3.05) is 6.61 Å². The minimum Gasteiger partial charge on any atom is -0.493 e. The summed E-state index contributed by atoms with van der Waals surface area (Å²) in [4.78, 5) is 12.2. The lowest BCUT2D eigenvalue weighted by Crippen LogP contribution is -2.35. The van der Waals surface area contributed by atoms with Gasteiger partial charge in [-0.2, -0.15) is 0 Å². The van der Waals surface area contributed by atoms with Gasteiger partial charge in [-0.1, -0.05) is 13.8 Å². The first kappa shape index (κ1) is 16.8. The van der Waals surface area contributed by atoms with E-state index in [9.17, 15) is 4.79 Å². The predicted molar refractivity (Wildman–Crippen MR) is 89.0 cm³/mol. The van der Waals surface area contributed by atoms with Gasteiger partial charge in [0.15, 0.2) is 0 Å². The second kappa shape index (κ2) is 6.69. The molecule has 3 N–H and O–H groups in total. The normalized spacial score (nSPS) is 19.8. The van der Waals surface area contributed by atoms with Crippen molar-refractivity contribution in [2.45, 2.75) is 59.5 Å². The minimum absolute atomic E-state index is 0.0158. The molecule has 1 amide bonds. The number of carbonyl (C=O) groups excluding carboxylic acids is 1. The van der Waals surface area contributed by atoms with Gasteiger partial charge in [0, 0.05) is 23.9 Å². The zero-order valence-corrected chi connectivity index (χ0v) is 14.3. The monoisotopic (exact) mass is 304 g/mol. The Morgan fingerprint density at radius 2 is 2.09 bits per heavy atom. The van der Waals surface area contributed by atoms with E-state index < -0.39 is 0 Å². The van der Waals surface area contributed by atoms with Crippen molar-refractivity contribution < 1.29 is 9.53 Å². The second-order valence-corrected chi connectivity index (χ2v) is 6.43. The maximum Gasteiger partial charge on any atom is 0.223 e. The van der Waals surface area contributed by atoms with Gasteiger partial charge in [0.1, 0.15) is 5.75 Å². The van der Waals surface area contributed by atoms with E-state index in [1.807, 2.05) is 20.8 Å². The third kappa shape index (κ3) is 3.12. The molecule has 0 saturated heterocycles. The molecular weight excluding hydrogens is 276 g/mol. The first-order valence-electron chi connectivity index (χ1n) is 8.19. The summed E-state index contributed by atoms with van der Waals surface area (Å²) in [6.45, 7) is 10.8. The fourth-order valence-corrected chi connectivity index (χ4v) is 2.95. The number of ether oxygens (including phenoxy) is 1. The fourth-order valence-electron chi connectivity index (χ4n) is 2.95. The maximum absolute atomic E-state index is 12.2. The van der Waals surface area contributed by atoms with E-state index >= 15 is 0 Å². The van der Waals surface area contributed by atoms with Crippen LogP contribution >= 0.6 is 0 Å². The van der Waals surface area contributed by atoms with Crippen molar-refractivity contribution >= 4 is 5.91 Å². The highest BCUT2D eigenvalue weighted by Gasteiger charge is 2.27. The van der Waals surface area contributed by atoms with E-state index in [4.69, 9.17) is 10.5 Å². The smallest absolute Gasteiger partial charge is 0.223 e. The van der Waals surface area contributed by atoms with Crippen LogP contribution in [0.4, 0.5) is 0 Å². The van der Waals surface area contributed by atoms with Crippen molar-refractivity contribution in [1.82, 2.24) is 5.32 Å². The van der Waals surface area contributed by atoms with Gasteiger partial charge >= 0.3 is 0 Å². The van der Waals surface area contributed by atoms with E-state index in [1.54, 1.807) is 0 Å². The van der Waals surface area contributed by atoms with Crippen molar-refractivity contribution in [3.63, 3.8) is 0 Å². The van der Waals surface area contributed by atoms with Crippen LogP contribution in [0.2, 0.25) is 0 Å². The Balaban J connectivity index is 2.39. The molecule has 3 unspecified atom stereocenters. The first-order chi connectivity index (χ1) is 10.4. The summed E-state index contributed by atoms with van der Waals surface area (Å²) in [5, 5.41) is 3.18. The molecule has 0 saturated carbocycles. The van der Waals surface area contributed by atoms with Crippen LogP contribution in [0, 0.1) is 19.8 Å². The Morgan fingerprint density at radius 1 is 1.41 bits per heavy atom. The van der Waals surface area contributed by atoms with Crippen LogP contribution < -0.4 is 15.8 Å². The summed E-state index contributed by atoms with van der Waals surface area (Å²) in [6.07, 6.45) is 1.65. The maximum atomic E-state index is 12.2. The zero-order valence-electron chi connectivity index (χ0n) is 14.3. The number of nitrogens with one attached hydrogen (secondary N) is 1. The molecule has 0 fully saturated rings. The average molecular weight is 304 g/mol. The summed E-state index contributed by atoms with van der Waals surface area (Å²) in [7, 11) is 0. The van der Waals surface area contributed by atoms with Crippen molar-refractivity contribution in [3.8, 4) is 5.75 Å². The minimum atomic E-state index is -0.0307. The highest BCUT2D eigenvalue weighted by Crippen LogP contribution is 2.39. The molecule has 0 bridgehead atoms. The number of hydrogen-bond donors (Lipinski definition) is 2. The first-order valence-corrected chi connectivity index (χ1v) is 8.19. The Bertz CT molecular complexity index is 567. The van der Waals surface area contributed by atoms with E-state index in [0.717, 1.165) is 35.3 Å². The molecule has 2 rings (SSSR count). The van der Waals surface area contributed by atoms with Crippen LogP contribution in [0.15, 0.2) is 6.07 Å². The number of amides is 1. The number of fused-ring (bicyclic) bond motifs is 1. The molecule has 4 nitrogen and oxygen atoms in total. The SMILES string of the molecule is CCC(C)C(=O)NC1CCOc2c1cc(C(C)N)c(C)c2C. The van der Waals surface area contributed by atoms with Crippen LogP contribution in [0.3, 0.4) is 0 Å². The van der Waals surface area contributed by atoms with Gasteiger partial charge in [-0.3, -0.25) is 4.79 Å². The lowest BCUT2D eigenvalue weighted by molar-refractivity contribution is -0.125. The van der Waals surface area contributed by atoms with E-state index in [2.05, 4.69) is 25.2 Å². The molecule has 122 valence electrons. The summed E-state index contributed by atoms with van der Waals surface area (Å²) in [6, 6.07) is 2.10. The molecule has 1 aliphatic rings. The molecular formula is C18H28N2O2. The molecule has 22 heavy (non-hydrogen) atoms. The van der Waals surface area contributed by atoms with Gasteiger partial charge in [0.05, 0.1) is 12.6 Å². The molecule has 0 radical (unpaired) electrons. The van der Waals surface area contributed by atoms with Crippen molar-refractivity contribution in [3.05, 3.63) is 28.3 Å². The number of hydrogen-bond acceptors (Lipinski definition) is 3. The fraction of sp³-hybridized carbons (Fsp3) is 0.611. The molecule has 1 aromatic carbocycles. The predicted octanol–water partition coefficient (Wildman–Crippen LogP) is 3.31. The number of carbonyl (C=O) groups is 1. The average Bonchev–Trinajstić information content (AvgIpc) is 2.49. The summed E-state index contributed by atoms with van der Waals surface area (Å²) in [5.41, 5.74) is 10.6. The highest BCUT2D eigenvalue weighted by atomic mass is 16.5. The van der Waals surface area contributed by atoms with Gasteiger partial charge in [-0.15, -0.1) is 0 Å². The number of nitrogens with two attached hydrogens (primary N) is 1. The summed E-state index contributed by atoms with van der Waals surface area (Å²) < 4.78 is 5.88. The topological polar surface area (TPSA) is 64.3 Å². The van der Waals surface area contributed by atoms with Gasteiger partial charge in [0.2, 0.25) is 5.91 Å². The van der Waals surface area contributed by atoms with Crippen LogP contribution in [0.25, 0.3) is 0 Å². The lowest BCUT2D eigenvalue weighted by Gasteiger charge is -2.31. The molecule has 0 spiro atoms. The van der Waals surface area contributed by atoms with E-state index in [0.29, 0.717) is 6.61 Å². The van der Waals surface area contributed by atoms with Crippen LogP contribution in [-0.2, 0) is 4.79 Å². The van der Waals surface area contributed by atoms with Gasteiger partial charge in [-0.25, -0.2) is 0 Å². The molecule has 1 aliphatic heterocycles. The Labute approximate surface area is 133 Å². The molecule has 3 atom stereocenters.